The van der Waals surface area contributed by atoms with E-state index in [4.69, 9.17) is 0 Å². The highest BCUT2D eigenvalue weighted by Gasteiger charge is 2.47. The maximum absolute atomic E-state index is 12.6. The van der Waals surface area contributed by atoms with Gasteiger partial charge in [0, 0.05) is 18.3 Å². The standard InChI is InChI=1S/C19H26N4O4/c1-12(2)9-10-19(4)17(26)23(18(27)22-19)11-16(25)21-15-7-5-14(6-8-15)20-13(3)24/h5-8,12H,9-11H2,1-4H3,(H,20,24)(H,21,25)(H,22,27)/t19-/m0/s1. The fourth-order valence-electron chi connectivity index (χ4n) is 2.82. The summed E-state index contributed by atoms with van der Waals surface area (Å²) >= 11 is 0. The van der Waals surface area contributed by atoms with Crippen molar-refractivity contribution in [3.63, 3.8) is 0 Å². The monoisotopic (exact) mass is 374 g/mol. The second-order valence-corrected chi connectivity index (χ2v) is 7.39. The molecule has 0 saturated carbocycles. The van der Waals surface area contributed by atoms with Gasteiger partial charge in [-0.3, -0.25) is 19.3 Å². The van der Waals surface area contributed by atoms with Crippen LogP contribution in [-0.4, -0.2) is 40.7 Å². The van der Waals surface area contributed by atoms with E-state index in [9.17, 15) is 19.2 Å². The summed E-state index contributed by atoms with van der Waals surface area (Å²) in [7, 11) is 0. The number of anilines is 2. The van der Waals surface area contributed by atoms with E-state index >= 15 is 0 Å². The van der Waals surface area contributed by atoms with E-state index in [1.54, 1.807) is 31.2 Å². The van der Waals surface area contributed by atoms with E-state index in [0.29, 0.717) is 23.7 Å². The van der Waals surface area contributed by atoms with Crippen molar-refractivity contribution in [1.82, 2.24) is 10.2 Å². The predicted octanol–water partition coefficient (Wildman–Crippen LogP) is 2.33. The zero-order valence-corrected chi connectivity index (χ0v) is 16.1. The zero-order valence-electron chi connectivity index (χ0n) is 16.1. The molecule has 1 heterocycles. The van der Waals surface area contributed by atoms with Crippen molar-refractivity contribution in [2.45, 2.75) is 46.1 Å². The third-order valence-electron chi connectivity index (χ3n) is 4.36. The van der Waals surface area contributed by atoms with Crippen LogP contribution in [0.25, 0.3) is 0 Å². The molecule has 0 bridgehead atoms. The van der Waals surface area contributed by atoms with Gasteiger partial charge in [-0.2, -0.15) is 0 Å². The van der Waals surface area contributed by atoms with Gasteiger partial charge in [-0.05, 0) is 49.9 Å². The topological polar surface area (TPSA) is 108 Å². The van der Waals surface area contributed by atoms with Crippen LogP contribution in [0, 0.1) is 5.92 Å². The number of nitrogens with one attached hydrogen (secondary N) is 3. The number of imide groups is 1. The van der Waals surface area contributed by atoms with E-state index in [-0.39, 0.29) is 18.4 Å². The van der Waals surface area contributed by atoms with E-state index < -0.39 is 17.5 Å². The highest BCUT2D eigenvalue weighted by atomic mass is 16.2. The number of hydrogen-bond acceptors (Lipinski definition) is 4. The van der Waals surface area contributed by atoms with Crippen LogP contribution in [0.4, 0.5) is 16.2 Å². The minimum atomic E-state index is -0.971. The third kappa shape index (κ3) is 5.29. The van der Waals surface area contributed by atoms with Crippen LogP contribution in [-0.2, 0) is 14.4 Å². The number of hydrogen-bond donors (Lipinski definition) is 3. The molecule has 8 heteroatoms. The molecule has 1 aromatic carbocycles. The number of amides is 5. The molecule has 8 nitrogen and oxygen atoms in total. The van der Waals surface area contributed by atoms with Crippen molar-refractivity contribution < 1.29 is 19.2 Å². The fraction of sp³-hybridized carbons (Fsp3) is 0.474. The number of carbonyl (C=O) groups is 4. The van der Waals surface area contributed by atoms with Crippen molar-refractivity contribution in [3.05, 3.63) is 24.3 Å². The van der Waals surface area contributed by atoms with Crippen molar-refractivity contribution in [1.29, 1.82) is 0 Å². The molecular formula is C19H26N4O4. The molecule has 1 saturated heterocycles. The van der Waals surface area contributed by atoms with Gasteiger partial charge in [0.2, 0.25) is 11.8 Å². The molecule has 0 spiro atoms. The molecule has 0 aromatic heterocycles. The Labute approximate surface area is 158 Å². The van der Waals surface area contributed by atoms with Gasteiger partial charge in [-0.25, -0.2) is 4.79 Å². The van der Waals surface area contributed by atoms with Crippen LogP contribution in [0.5, 0.6) is 0 Å². The van der Waals surface area contributed by atoms with Crippen molar-refractivity contribution >= 4 is 35.1 Å². The Morgan fingerprint density at radius 1 is 1.11 bits per heavy atom. The first-order valence-corrected chi connectivity index (χ1v) is 8.92. The van der Waals surface area contributed by atoms with Gasteiger partial charge in [0.05, 0.1) is 0 Å². The Morgan fingerprint density at radius 2 is 1.67 bits per heavy atom. The van der Waals surface area contributed by atoms with Gasteiger partial charge in [-0.1, -0.05) is 13.8 Å². The summed E-state index contributed by atoms with van der Waals surface area (Å²) in [6.07, 6.45) is 1.32. The molecule has 1 fully saturated rings. The van der Waals surface area contributed by atoms with Crippen LogP contribution in [0.2, 0.25) is 0 Å². The van der Waals surface area contributed by atoms with Gasteiger partial charge < -0.3 is 16.0 Å². The minimum Gasteiger partial charge on any atom is -0.326 e. The van der Waals surface area contributed by atoms with E-state index in [0.717, 1.165) is 11.3 Å². The first-order chi connectivity index (χ1) is 12.6. The quantitative estimate of drug-likeness (QED) is 0.637. The number of rotatable bonds is 7. The maximum Gasteiger partial charge on any atom is 0.325 e. The van der Waals surface area contributed by atoms with Gasteiger partial charge in [0.15, 0.2) is 0 Å². The number of carbonyl (C=O) groups excluding carboxylic acids is 4. The third-order valence-corrected chi connectivity index (χ3v) is 4.36. The lowest BCUT2D eigenvalue weighted by Gasteiger charge is -2.22. The van der Waals surface area contributed by atoms with E-state index in [2.05, 4.69) is 16.0 Å². The van der Waals surface area contributed by atoms with Crippen LogP contribution >= 0.6 is 0 Å². The molecule has 0 radical (unpaired) electrons. The maximum atomic E-state index is 12.6. The molecule has 3 N–H and O–H groups in total. The van der Waals surface area contributed by atoms with Gasteiger partial charge in [-0.15, -0.1) is 0 Å². The summed E-state index contributed by atoms with van der Waals surface area (Å²) in [5, 5.41) is 7.97. The van der Waals surface area contributed by atoms with Crippen molar-refractivity contribution in [2.24, 2.45) is 5.92 Å². The highest BCUT2D eigenvalue weighted by Crippen LogP contribution is 2.24. The lowest BCUT2D eigenvalue weighted by atomic mass is 9.92. The smallest absolute Gasteiger partial charge is 0.325 e. The molecule has 146 valence electrons. The SMILES string of the molecule is CC(=O)Nc1ccc(NC(=O)CN2C(=O)N[C@@](C)(CCC(C)C)C2=O)cc1. The number of benzene rings is 1. The Kier molecular flexibility index (Phi) is 6.20. The second-order valence-electron chi connectivity index (χ2n) is 7.39. The van der Waals surface area contributed by atoms with Crippen LogP contribution in [0.15, 0.2) is 24.3 Å². The van der Waals surface area contributed by atoms with Gasteiger partial charge in [0.1, 0.15) is 12.1 Å². The summed E-state index contributed by atoms with van der Waals surface area (Å²) in [4.78, 5) is 49.0. The molecule has 2 rings (SSSR count). The van der Waals surface area contributed by atoms with Gasteiger partial charge in [0.25, 0.3) is 5.91 Å². The average molecular weight is 374 g/mol. The van der Waals surface area contributed by atoms with Gasteiger partial charge >= 0.3 is 6.03 Å². The molecule has 1 aromatic rings. The molecule has 1 atom stereocenters. The zero-order chi connectivity index (χ0) is 20.2. The summed E-state index contributed by atoms with van der Waals surface area (Å²) in [5.41, 5.74) is 0.140. The highest BCUT2D eigenvalue weighted by molar-refractivity contribution is 6.09. The molecule has 0 unspecified atom stereocenters. The van der Waals surface area contributed by atoms with E-state index in [1.165, 1.54) is 6.92 Å². The first kappa shape index (κ1) is 20.4. The van der Waals surface area contributed by atoms with E-state index in [1.807, 2.05) is 13.8 Å². The Hall–Kier alpha value is -2.90. The summed E-state index contributed by atoms with van der Waals surface area (Å²) < 4.78 is 0. The summed E-state index contributed by atoms with van der Waals surface area (Å²) in [5.74, 6) is -0.640. The second kappa shape index (κ2) is 8.20. The number of nitrogens with zero attached hydrogens (tertiary/aromatic N) is 1. The largest absolute Gasteiger partial charge is 0.326 e. The lowest BCUT2D eigenvalue weighted by molar-refractivity contribution is -0.133. The normalized spacial score (nSPS) is 19.2. The molecule has 1 aliphatic heterocycles. The molecule has 27 heavy (non-hydrogen) atoms. The Balaban J connectivity index is 1.96. The summed E-state index contributed by atoms with van der Waals surface area (Å²) in [6.45, 7) is 6.84. The van der Waals surface area contributed by atoms with Crippen LogP contribution < -0.4 is 16.0 Å². The number of urea groups is 1. The minimum absolute atomic E-state index is 0.189. The van der Waals surface area contributed by atoms with Crippen LogP contribution in [0.3, 0.4) is 0 Å². The molecule has 0 aliphatic carbocycles. The van der Waals surface area contributed by atoms with Crippen molar-refractivity contribution in [2.75, 3.05) is 17.2 Å². The van der Waals surface area contributed by atoms with Crippen LogP contribution in [0.1, 0.15) is 40.5 Å². The van der Waals surface area contributed by atoms with Crippen molar-refractivity contribution in [3.8, 4) is 0 Å². The average Bonchev–Trinajstić information content (AvgIpc) is 2.78. The fourth-order valence-corrected chi connectivity index (χ4v) is 2.82. The summed E-state index contributed by atoms with van der Waals surface area (Å²) in [6, 6.07) is 5.99. The Bertz CT molecular complexity index is 745. The Morgan fingerprint density at radius 3 is 2.19 bits per heavy atom. The molecular weight excluding hydrogens is 348 g/mol. The first-order valence-electron chi connectivity index (χ1n) is 8.92. The molecule has 1 aliphatic rings. The lowest BCUT2D eigenvalue weighted by Crippen LogP contribution is -2.44. The predicted molar refractivity (Wildman–Crippen MR) is 102 cm³/mol. The molecule has 5 amide bonds.